The number of carbonyl (C=O) groups is 1. The maximum absolute atomic E-state index is 12.1. The number of nitrogens with zero attached hydrogens (tertiary/aromatic N) is 1. The zero-order valence-corrected chi connectivity index (χ0v) is 13.5. The van der Waals surface area contributed by atoms with Crippen LogP contribution in [-0.4, -0.2) is 43.9 Å². The standard InChI is InChI=1S/C16H22ClN3O2/c1-11-15(7-9-22-11)19-16(21)18-13-6-8-20(10-13)14-4-2-12(17)3-5-14/h2-5,11,13,15H,6-10H2,1H3,(H2,18,19,21)/t11-,13+,15-/m0/s1. The number of rotatable bonds is 3. The van der Waals surface area contributed by atoms with Crippen LogP contribution < -0.4 is 15.5 Å². The number of anilines is 1. The van der Waals surface area contributed by atoms with Gasteiger partial charge in [0.05, 0.1) is 12.1 Å². The molecule has 1 aromatic rings. The van der Waals surface area contributed by atoms with Gasteiger partial charge < -0.3 is 20.3 Å². The number of carbonyl (C=O) groups excluding carboxylic acids is 1. The van der Waals surface area contributed by atoms with Crippen molar-refractivity contribution in [1.82, 2.24) is 10.6 Å². The van der Waals surface area contributed by atoms with E-state index in [0.29, 0.717) is 0 Å². The van der Waals surface area contributed by atoms with Crippen molar-refractivity contribution in [3.63, 3.8) is 0 Å². The van der Waals surface area contributed by atoms with Gasteiger partial charge in [0.2, 0.25) is 0 Å². The molecule has 2 aliphatic rings. The molecule has 2 amide bonds. The molecule has 0 bridgehead atoms. The van der Waals surface area contributed by atoms with E-state index >= 15 is 0 Å². The lowest BCUT2D eigenvalue weighted by molar-refractivity contribution is 0.114. The van der Waals surface area contributed by atoms with Crippen LogP contribution in [0.4, 0.5) is 10.5 Å². The largest absolute Gasteiger partial charge is 0.376 e. The summed E-state index contributed by atoms with van der Waals surface area (Å²) < 4.78 is 5.46. The molecule has 2 heterocycles. The van der Waals surface area contributed by atoms with Crippen LogP contribution in [0.5, 0.6) is 0 Å². The van der Waals surface area contributed by atoms with Gasteiger partial charge in [0.15, 0.2) is 0 Å². The zero-order chi connectivity index (χ0) is 15.5. The number of benzene rings is 1. The van der Waals surface area contributed by atoms with Crippen molar-refractivity contribution in [2.45, 2.75) is 38.0 Å². The van der Waals surface area contributed by atoms with Gasteiger partial charge >= 0.3 is 6.03 Å². The Kier molecular flexibility index (Phi) is 4.74. The van der Waals surface area contributed by atoms with E-state index < -0.39 is 0 Å². The third kappa shape index (κ3) is 3.65. The van der Waals surface area contributed by atoms with Crippen LogP contribution in [0.1, 0.15) is 19.8 Å². The summed E-state index contributed by atoms with van der Waals surface area (Å²) in [5, 5.41) is 6.81. The van der Waals surface area contributed by atoms with Crippen LogP contribution in [-0.2, 0) is 4.74 Å². The van der Waals surface area contributed by atoms with Crippen LogP contribution in [0.15, 0.2) is 24.3 Å². The van der Waals surface area contributed by atoms with Crippen molar-refractivity contribution in [1.29, 1.82) is 0 Å². The molecule has 6 heteroatoms. The number of ether oxygens (including phenoxy) is 1. The first-order valence-corrected chi connectivity index (χ1v) is 8.19. The lowest BCUT2D eigenvalue weighted by Gasteiger charge is -2.21. The molecule has 3 rings (SSSR count). The van der Waals surface area contributed by atoms with E-state index in [-0.39, 0.29) is 24.2 Å². The second kappa shape index (κ2) is 6.75. The fourth-order valence-corrected chi connectivity index (χ4v) is 3.21. The van der Waals surface area contributed by atoms with E-state index in [1.54, 1.807) is 0 Å². The van der Waals surface area contributed by atoms with E-state index in [9.17, 15) is 4.79 Å². The highest BCUT2D eigenvalue weighted by Crippen LogP contribution is 2.22. The number of halogens is 1. The summed E-state index contributed by atoms with van der Waals surface area (Å²) in [6, 6.07) is 8.02. The Hall–Kier alpha value is -1.46. The molecular formula is C16H22ClN3O2. The van der Waals surface area contributed by atoms with Crippen molar-refractivity contribution in [2.24, 2.45) is 0 Å². The Morgan fingerprint density at radius 2 is 2.05 bits per heavy atom. The molecule has 3 atom stereocenters. The average Bonchev–Trinajstić information content (AvgIpc) is 3.10. The van der Waals surface area contributed by atoms with Gasteiger partial charge in [0, 0.05) is 36.4 Å². The van der Waals surface area contributed by atoms with E-state index in [1.165, 1.54) is 0 Å². The molecule has 2 saturated heterocycles. The first-order valence-electron chi connectivity index (χ1n) is 7.81. The Bertz CT molecular complexity index is 523. The van der Waals surface area contributed by atoms with Crippen LogP contribution in [0.3, 0.4) is 0 Å². The average molecular weight is 324 g/mol. The van der Waals surface area contributed by atoms with Gasteiger partial charge in [-0.1, -0.05) is 11.6 Å². The van der Waals surface area contributed by atoms with Gasteiger partial charge in [-0.15, -0.1) is 0 Å². The van der Waals surface area contributed by atoms with Gasteiger partial charge in [-0.2, -0.15) is 0 Å². The van der Waals surface area contributed by atoms with Gasteiger partial charge in [-0.3, -0.25) is 0 Å². The van der Waals surface area contributed by atoms with E-state index in [1.807, 2.05) is 31.2 Å². The molecule has 5 nitrogen and oxygen atoms in total. The highest BCUT2D eigenvalue weighted by molar-refractivity contribution is 6.30. The topological polar surface area (TPSA) is 53.6 Å². The molecule has 0 aliphatic carbocycles. The normalized spacial score (nSPS) is 27.9. The minimum atomic E-state index is -0.0923. The fourth-order valence-electron chi connectivity index (χ4n) is 3.08. The number of urea groups is 1. The van der Waals surface area contributed by atoms with Crippen molar-refractivity contribution >= 4 is 23.3 Å². The van der Waals surface area contributed by atoms with E-state index in [4.69, 9.17) is 16.3 Å². The molecule has 0 saturated carbocycles. The SMILES string of the molecule is C[C@@H]1OCC[C@@H]1NC(=O)N[C@@H]1CCN(c2ccc(Cl)cc2)C1. The number of hydrogen-bond donors (Lipinski definition) is 2. The van der Waals surface area contributed by atoms with Crippen molar-refractivity contribution in [3.8, 4) is 0 Å². The second-order valence-corrected chi connectivity index (χ2v) is 6.43. The molecule has 1 aromatic carbocycles. The van der Waals surface area contributed by atoms with Crippen molar-refractivity contribution in [3.05, 3.63) is 29.3 Å². The van der Waals surface area contributed by atoms with E-state index in [0.717, 1.165) is 43.2 Å². The molecule has 0 radical (unpaired) electrons. The summed E-state index contributed by atoms with van der Waals surface area (Å²) >= 11 is 5.91. The van der Waals surface area contributed by atoms with Gasteiger partial charge in [0.25, 0.3) is 0 Å². The molecule has 0 spiro atoms. The lowest BCUT2D eigenvalue weighted by atomic mass is 10.2. The first-order chi connectivity index (χ1) is 10.6. The monoisotopic (exact) mass is 323 g/mol. The molecule has 0 unspecified atom stereocenters. The number of amides is 2. The molecule has 0 aromatic heterocycles. The van der Waals surface area contributed by atoms with Gasteiger partial charge in [-0.05, 0) is 44.0 Å². The van der Waals surface area contributed by atoms with Gasteiger partial charge in [0.1, 0.15) is 0 Å². The molecule has 2 fully saturated rings. The Morgan fingerprint density at radius 1 is 1.27 bits per heavy atom. The summed E-state index contributed by atoms with van der Waals surface area (Å²) in [5.41, 5.74) is 1.15. The van der Waals surface area contributed by atoms with E-state index in [2.05, 4.69) is 15.5 Å². The maximum atomic E-state index is 12.1. The quantitative estimate of drug-likeness (QED) is 0.898. The first kappa shape index (κ1) is 15.4. The van der Waals surface area contributed by atoms with Crippen LogP contribution >= 0.6 is 11.6 Å². The smallest absolute Gasteiger partial charge is 0.315 e. The third-order valence-electron chi connectivity index (χ3n) is 4.41. The summed E-state index contributed by atoms with van der Waals surface area (Å²) in [6.45, 7) is 4.48. The second-order valence-electron chi connectivity index (χ2n) is 6.00. The highest BCUT2D eigenvalue weighted by Gasteiger charge is 2.28. The number of nitrogens with one attached hydrogen (secondary N) is 2. The van der Waals surface area contributed by atoms with Gasteiger partial charge in [-0.25, -0.2) is 4.79 Å². The zero-order valence-electron chi connectivity index (χ0n) is 12.7. The summed E-state index contributed by atoms with van der Waals surface area (Å²) in [4.78, 5) is 14.3. The minimum absolute atomic E-state index is 0.0923. The predicted molar refractivity (Wildman–Crippen MR) is 87.6 cm³/mol. The van der Waals surface area contributed by atoms with Crippen LogP contribution in [0, 0.1) is 0 Å². The number of hydrogen-bond acceptors (Lipinski definition) is 3. The lowest BCUT2D eigenvalue weighted by Crippen LogP contribution is -2.48. The maximum Gasteiger partial charge on any atom is 0.315 e. The summed E-state index contributed by atoms with van der Waals surface area (Å²) in [5.74, 6) is 0. The van der Waals surface area contributed by atoms with Crippen molar-refractivity contribution in [2.75, 3.05) is 24.6 Å². The molecule has 2 aliphatic heterocycles. The Morgan fingerprint density at radius 3 is 2.73 bits per heavy atom. The minimum Gasteiger partial charge on any atom is -0.376 e. The molecular weight excluding hydrogens is 302 g/mol. The molecule has 2 N–H and O–H groups in total. The molecule has 22 heavy (non-hydrogen) atoms. The predicted octanol–water partition coefficient (Wildman–Crippen LogP) is 2.40. The molecule has 120 valence electrons. The Balaban J connectivity index is 1.48. The summed E-state index contributed by atoms with van der Waals surface area (Å²) in [7, 11) is 0. The van der Waals surface area contributed by atoms with Crippen LogP contribution in [0.25, 0.3) is 0 Å². The highest BCUT2D eigenvalue weighted by atomic mass is 35.5. The fraction of sp³-hybridized carbons (Fsp3) is 0.562. The van der Waals surface area contributed by atoms with Crippen molar-refractivity contribution < 1.29 is 9.53 Å². The Labute approximate surface area is 136 Å². The third-order valence-corrected chi connectivity index (χ3v) is 4.66. The summed E-state index contributed by atoms with van der Waals surface area (Å²) in [6.07, 6.45) is 1.93. The van der Waals surface area contributed by atoms with Crippen LogP contribution in [0.2, 0.25) is 5.02 Å².